The van der Waals surface area contributed by atoms with E-state index in [0.29, 0.717) is 18.8 Å². The number of halogens is 3. The van der Waals surface area contributed by atoms with Crippen LogP contribution in [-0.4, -0.2) is 32.4 Å². The van der Waals surface area contributed by atoms with Crippen LogP contribution >= 0.6 is 0 Å². The Morgan fingerprint density at radius 2 is 1.41 bits per heavy atom. The molecular weight excluding hydrogens is 407 g/mol. The standard InChI is InChI=1S/C19H20F3N3O3S/c20-19(21,22)14-4-6-16(7-5-14)24-29(27,28)17-10-8-15(9-11-17)23-18(26)25-12-2-1-3-13-25/h4-11,24H,1-3,12-13H2,(H,23,26). The van der Waals surface area contributed by atoms with Gasteiger partial charge in [0.05, 0.1) is 10.5 Å². The predicted octanol–water partition coefficient (Wildman–Crippen LogP) is 4.52. The monoisotopic (exact) mass is 427 g/mol. The summed E-state index contributed by atoms with van der Waals surface area (Å²) >= 11 is 0. The Morgan fingerprint density at radius 3 is 1.97 bits per heavy atom. The zero-order valence-electron chi connectivity index (χ0n) is 15.4. The molecule has 0 bridgehead atoms. The van der Waals surface area contributed by atoms with Gasteiger partial charge in [-0.15, -0.1) is 0 Å². The number of sulfonamides is 1. The summed E-state index contributed by atoms with van der Waals surface area (Å²) in [4.78, 5) is 13.8. The molecule has 0 aromatic heterocycles. The van der Waals surface area contributed by atoms with Crippen LogP contribution in [0, 0.1) is 0 Å². The average Bonchev–Trinajstić information content (AvgIpc) is 2.68. The first kappa shape index (κ1) is 21.0. The van der Waals surface area contributed by atoms with Crippen LogP contribution in [0.25, 0.3) is 0 Å². The largest absolute Gasteiger partial charge is 0.416 e. The van der Waals surface area contributed by atoms with Crippen molar-refractivity contribution >= 4 is 27.4 Å². The molecular formula is C19H20F3N3O3S. The Morgan fingerprint density at radius 1 is 0.862 bits per heavy atom. The lowest BCUT2D eigenvalue weighted by molar-refractivity contribution is -0.137. The third-order valence-electron chi connectivity index (χ3n) is 4.52. The fourth-order valence-electron chi connectivity index (χ4n) is 2.96. The van der Waals surface area contributed by atoms with Crippen molar-refractivity contribution in [2.24, 2.45) is 0 Å². The summed E-state index contributed by atoms with van der Waals surface area (Å²) in [6.45, 7) is 1.38. The minimum atomic E-state index is -4.49. The summed E-state index contributed by atoms with van der Waals surface area (Å²) in [6.07, 6.45) is -1.48. The number of hydrogen-bond donors (Lipinski definition) is 2. The van der Waals surface area contributed by atoms with Gasteiger partial charge in [-0.25, -0.2) is 13.2 Å². The van der Waals surface area contributed by atoms with Crippen molar-refractivity contribution in [3.05, 3.63) is 54.1 Å². The maximum Gasteiger partial charge on any atom is 0.416 e. The molecule has 10 heteroatoms. The number of anilines is 2. The number of benzene rings is 2. The van der Waals surface area contributed by atoms with E-state index in [2.05, 4.69) is 10.0 Å². The fourth-order valence-corrected chi connectivity index (χ4v) is 4.02. The molecule has 1 saturated heterocycles. The van der Waals surface area contributed by atoms with Gasteiger partial charge in [-0.2, -0.15) is 13.2 Å². The third kappa shape index (κ3) is 5.41. The maximum atomic E-state index is 12.6. The van der Waals surface area contributed by atoms with Crippen LogP contribution in [0.4, 0.5) is 29.3 Å². The number of nitrogens with zero attached hydrogens (tertiary/aromatic N) is 1. The first-order valence-corrected chi connectivity index (χ1v) is 10.5. The van der Waals surface area contributed by atoms with E-state index in [1.54, 1.807) is 4.90 Å². The Hall–Kier alpha value is -2.75. The van der Waals surface area contributed by atoms with Gasteiger partial charge in [0.2, 0.25) is 0 Å². The average molecular weight is 427 g/mol. The van der Waals surface area contributed by atoms with Gasteiger partial charge in [-0.05, 0) is 67.8 Å². The van der Waals surface area contributed by atoms with Gasteiger partial charge < -0.3 is 10.2 Å². The normalized spacial score (nSPS) is 15.1. The van der Waals surface area contributed by atoms with Crippen LogP contribution in [0.2, 0.25) is 0 Å². The summed E-state index contributed by atoms with van der Waals surface area (Å²) < 4.78 is 64.9. The Labute approximate surface area is 166 Å². The van der Waals surface area contributed by atoms with Crippen molar-refractivity contribution in [3.63, 3.8) is 0 Å². The van der Waals surface area contributed by atoms with Crippen molar-refractivity contribution in [1.82, 2.24) is 4.90 Å². The Bertz CT molecular complexity index is 953. The van der Waals surface area contributed by atoms with Crippen LogP contribution in [0.15, 0.2) is 53.4 Å². The number of nitrogens with one attached hydrogen (secondary N) is 2. The van der Waals surface area contributed by atoms with Crippen LogP contribution in [0.3, 0.4) is 0 Å². The van der Waals surface area contributed by atoms with Crippen molar-refractivity contribution in [2.75, 3.05) is 23.1 Å². The van der Waals surface area contributed by atoms with E-state index in [9.17, 15) is 26.4 Å². The molecule has 0 spiro atoms. The highest BCUT2D eigenvalue weighted by molar-refractivity contribution is 7.92. The molecule has 0 radical (unpaired) electrons. The molecule has 156 valence electrons. The molecule has 1 aliphatic heterocycles. The molecule has 29 heavy (non-hydrogen) atoms. The van der Waals surface area contributed by atoms with Crippen LogP contribution < -0.4 is 10.0 Å². The maximum absolute atomic E-state index is 12.6. The number of alkyl halides is 3. The molecule has 2 aromatic carbocycles. The smallest absolute Gasteiger partial charge is 0.325 e. The quantitative estimate of drug-likeness (QED) is 0.753. The van der Waals surface area contributed by atoms with E-state index in [1.165, 1.54) is 24.3 Å². The molecule has 6 nitrogen and oxygen atoms in total. The molecule has 1 aliphatic rings. The topological polar surface area (TPSA) is 78.5 Å². The zero-order valence-corrected chi connectivity index (χ0v) is 16.2. The highest BCUT2D eigenvalue weighted by Crippen LogP contribution is 2.30. The highest BCUT2D eigenvalue weighted by atomic mass is 32.2. The lowest BCUT2D eigenvalue weighted by Gasteiger charge is -2.26. The number of rotatable bonds is 4. The lowest BCUT2D eigenvalue weighted by atomic mass is 10.1. The van der Waals surface area contributed by atoms with Gasteiger partial charge in [-0.1, -0.05) is 0 Å². The fraction of sp³-hybridized carbons (Fsp3) is 0.316. The molecule has 2 aromatic rings. The van der Waals surface area contributed by atoms with Crippen LogP contribution in [-0.2, 0) is 16.2 Å². The SMILES string of the molecule is O=C(Nc1ccc(S(=O)(=O)Nc2ccc(C(F)(F)F)cc2)cc1)N1CCCCC1. The van der Waals surface area contributed by atoms with Crippen molar-refractivity contribution in [2.45, 2.75) is 30.3 Å². The molecule has 0 atom stereocenters. The molecule has 3 rings (SSSR count). The van der Waals surface area contributed by atoms with E-state index >= 15 is 0 Å². The van der Waals surface area contributed by atoms with Gasteiger partial charge in [-0.3, -0.25) is 4.72 Å². The molecule has 0 saturated carbocycles. The number of carbonyl (C=O) groups is 1. The molecule has 0 aliphatic carbocycles. The Kier molecular flexibility index (Phi) is 6.02. The first-order chi connectivity index (χ1) is 13.6. The molecule has 2 amide bonds. The van der Waals surface area contributed by atoms with Crippen LogP contribution in [0.5, 0.6) is 0 Å². The van der Waals surface area contributed by atoms with E-state index in [4.69, 9.17) is 0 Å². The van der Waals surface area contributed by atoms with Crippen molar-refractivity contribution < 1.29 is 26.4 Å². The number of amides is 2. The second-order valence-corrected chi connectivity index (χ2v) is 8.37. The number of urea groups is 1. The Balaban J connectivity index is 1.65. The summed E-state index contributed by atoms with van der Waals surface area (Å²) in [6, 6.07) is 9.03. The van der Waals surface area contributed by atoms with E-state index in [1.807, 2.05) is 0 Å². The molecule has 1 heterocycles. The van der Waals surface area contributed by atoms with Gasteiger partial charge in [0.25, 0.3) is 10.0 Å². The second kappa shape index (κ2) is 8.32. The lowest BCUT2D eigenvalue weighted by Crippen LogP contribution is -2.38. The van der Waals surface area contributed by atoms with Gasteiger partial charge >= 0.3 is 12.2 Å². The summed E-state index contributed by atoms with van der Waals surface area (Å²) in [7, 11) is -3.98. The first-order valence-electron chi connectivity index (χ1n) is 9.01. The summed E-state index contributed by atoms with van der Waals surface area (Å²) in [5.41, 5.74) is -0.399. The number of piperidine rings is 1. The highest BCUT2D eigenvalue weighted by Gasteiger charge is 2.30. The number of hydrogen-bond acceptors (Lipinski definition) is 3. The van der Waals surface area contributed by atoms with E-state index in [0.717, 1.165) is 43.5 Å². The van der Waals surface area contributed by atoms with Crippen LogP contribution in [0.1, 0.15) is 24.8 Å². The zero-order chi connectivity index (χ0) is 21.1. The molecule has 0 unspecified atom stereocenters. The molecule has 2 N–H and O–H groups in total. The minimum Gasteiger partial charge on any atom is -0.325 e. The number of likely N-dealkylation sites (tertiary alicyclic amines) is 1. The molecule has 1 fully saturated rings. The van der Waals surface area contributed by atoms with Crippen molar-refractivity contribution in [1.29, 1.82) is 0 Å². The predicted molar refractivity (Wildman–Crippen MR) is 103 cm³/mol. The van der Waals surface area contributed by atoms with Crippen molar-refractivity contribution in [3.8, 4) is 0 Å². The van der Waals surface area contributed by atoms with Gasteiger partial charge in [0.1, 0.15) is 0 Å². The summed E-state index contributed by atoms with van der Waals surface area (Å²) in [5, 5.41) is 2.73. The van der Waals surface area contributed by atoms with Gasteiger partial charge in [0.15, 0.2) is 0 Å². The van der Waals surface area contributed by atoms with E-state index in [-0.39, 0.29) is 16.6 Å². The minimum absolute atomic E-state index is 0.0143. The third-order valence-corrected chi connectivity index (χ3v) is 5.92. The second-order valence-electron chi connectivity index (χ2n) is 6.68. The summed E-state index contributed by atoms with van der Waals surface area (Å²) in [5.74, 6) is 0. The van der Waals surface area contributed by atoms with E-state index < -0.39 is 21.8 Å². The van der Waals surface area contributed by atoms with Gasteiger partial charge in [0, 0.05) is 24.5 Å². The number of carbonyl (C=O) groups excluding carboxylic acids is 1.